The molecule has 1 aromatic heterocycles. The van der Waals surface area contributed by atoms with E-state index >= 15 is 0 Å². The molecule has 2 aromatic rings. The Morgan fingerprint density at radius 2 is 1.97 bits per heavy atom. The molecule has 7 heteroatoms. The number of hydrogen-bond donors (Lipinski definition) is 2. The molecule has 0 atom stereocenters. The maximum absolute atomic E-state index is 4.76. The molecule has 0 bridgehead atoms. The summed E-state index contributed by atoms with van der Waals surface area (Å²) in [5.74, 6) is 0.910. The van der Waals surface area contributed by atoms with E-state index < -0.39 is 0 Å². The van der Waals surface area contributed by atoms with E-state index in [1.807, 2.05) is 16.9 Å². The molecule has 1 aliphatic rings. The SMILES string of the molecule is CCNC(=NCCN1CCCN(C)CC1)NCCc1ccc(-n2cccn2)cc1. The maximum atomic E-state index is 4.76. The van der Waals surface area contributed by atoms with Gasteiger partial charge in [-0.2, -0.15) is 5.10 Å². The first-order valence-corrected chi connectivity index (χ1v) is 10.8. The Hall–Kier alpha value is -2.38. The van der Waals surface area contributed by atoms with E-state index in [0.29, 0.717) is 0 Å². The number of aromatic nitrogens is 2. The molecule has 1 aliphatic heterocycles. The molecule has 1 fully saturated rings. The van der Waals surface area contributed by atoms with E-state index in [-0.39, 0.29) is 0 Å². The Bertz CT molecular complexity index is 724. The molecular weight excluding hydrogens is 362 g/mol. The predicted molar refractivity (Wildman–Crippen MR) is 120 cm³/mol. The Balaban J connectivity index is 1.42. The number of aliphatic imine (C=N–C) groups is 1. The zero-order valence-electron chi connectivity index (χ0n) is 17.8. The molecular formula is C22H35N7. The van der Waals surface area contributed by atoms with Crippen LogP contribution in [-0.2, 0) is 6.42 Å². The van der Waals surface area contributed by atoms with Gasteiger partial charge in [-0.3, -0.25) is 4.99 Å². The minimum atomic E-state index is 0.831. The summed E-state index contributed by atoms with van der Waals surface area (Å²) >= 11 is 0. The van der Waals surface area contributed by atoms with Gasteiger partial charge < -0.3 is 20.4 Å². The second-order valence-electron chi connectivity index (χ2n) is 7.55. The molecule has 2 N–H and O–H groups in total. The smallest absolute Gasteiger partial charge is 0.191 e. The van der Waals surface area contributed by atoms with Crippen LogP contribution < -0.4 is 10.6 Å². The van der Waals surface area contributed by atoms with E-state index in [0.717, 1.165) is 57.3 Å². The third-order valence-corrected chi connectivity index (χ3v) is 5.25. The first-order chi connectivity index (χ1) is 14.2. The van der Waals surface area contributed by atoms with Crippen molar-refractivity contribution in [2.24, 2.45) is 4.99 Å². The second kappa shape index (κ2) is 11.6. The van der Waals surface area contributed by atoms with Gasteiger partial charge in [0.15, 0.2) is 5.96 Å². The molecule has 1 saturated heterocycles. The van der Waals surface area contributed by atoms with Crippen LogP contribution in [-0.4, -0.2) is 84.9 Å². The molecule has 1 aromatic carbocycles. The van der Waals surface area contributed by atoms with E-state index in [2.05, 4.69) is 63.8 Å². The van der Waals surface area contributed by atoms with E-state index in [4.69, 9.17) is 4.99 Å². The van der Waals surface area contributed by atoms with Crippen molar-refractivity contribution in [3.8, 4) is 5.69 Å². The fourth-order valence-electron chi connectivity index (χ4n) is 3.53. The Morgan fingerprint density at radius 1 is 1.10 bits per heavy atom. The van der Waals surface area contributed by atoms with Gasteiger partial charge in [-0.25, -0.2) is 4.68 Å². The van der Waals surface area contributed by atoms with Crippen molar-refractivity contribution in [3.63, 3.8) is 0 Å². The van der Waals surface area contributed by atoms with E-state index in [9.17, 15) is 0 Å². The normalized spacial score (nSPS) is 16.6. The first kappa shape index (κ1) is 21.3. The monoisotopic (exact) mass is 397 g/mol. The van der Waals surface area contributed by atoms with Gasteiger partial charge in [-0.15, -0.1) is 0 Å². The van der Waals surface area contributed by atoms with Crippen LogP contribution in [0, 0.1) is 0 Å². The van der Waals surface area contributed by atoms with Crippen molar-refractivity contribution in [1.29, 1.82) is 0 Å². The molecule has 2 heterocycles. The number of nitrogens with one attached hydrogen (secondary N) is 2. The largest absolute Gasteiger partial charge is 0.357 e. The topological polar surface area (TPSA) is 60.7 Å². The van der Waals surface area contributed by atoms with Crippen LogP contribution in [0.25, 0.3) is 5.69 Å². The van der Waals surface area contributed by atoms with Crippen LogP contribution in [0.4, 0.5) is 0 Å². The van der Waals surface area contributed by atoms with Crippen molar-refractivity contribution in [2.75, 3.05) is 59.4 Å². The van der Waals surface area contributed by atoms with E-state index in [1.54, 1.807) is 6.20 Å². The highest BCUT2D eigenvalue weighted by molar-refractivity contribution is 5.79. The van der Waals surface area contributed by atoms with Gasteiger partial charge in [-0.1, -0.05) is 12.1 Å². The maximum Gasteiger partial charge on any atom is 0.191 e. The lowest BCUT2D eigenvalue weighted by molar-refractivity contribution is 0.283. The number of likely N-dealkylation sites (N-methyl/N-ethyl adjacent to an activating group) is 1. The van der Waals surface area contributed by atoms with Gasteiger partial charge in [0.25, 0.3) is 0 Å². The van der Waals surface area contributed by atoms with Crippen LogP contribution in [0.5, 0.6) is 0 Å². The zero-order valence-corrected chi connectivity index (χ0v) is 17.8. The molecule has 0 unspecified atom stereocenters. The van der Waals surface area contributed by atoms with Crippen molar-refractivity contribution in [2.45, 2.75) is 19.8 Å². The molecule has 3 rings (SSSR count). The van der Waals surface area contributed by atoms with Gasteiger partial charge in [0.2, 0.25) is 0 Å². The van der Waals surface area contributed by atoms with Gasteiger partial charge in [0, 0.05) is 45.1 Å². The summed E-state index contributed by atoms with van der Waals surface area (Å²) < 4.78 is 1.88. The number of benzene rings is 1. The highest BCUT2D eigenvalue weighted by atomic mass is 15.3. The number of guanidine groups is 1. The third-order valence-electron chi connectivity index (χ3n) is 5.25. The molecule has 29 heavy (non-hydrogen) atoms. The van der Waals surface area contributed by atoms with Gasteiger partial charge in [0.05, 0.1) is 12.2 Å². The van der Waals surface area contributed by atoms with Crippen LogP contribution in [0.3, 0.4) is 0 Å². The fourth-order valence-corrected chi connectivity index (χ4v) is 3.53. The molecule has 0 amide bonds. The van der Waals surface area contributed by atoms with Crippen molar-refractivity contribution < 1.29 is 0 Å². The minimum absolute atomic E-state index is 0.831. The van der Waals surface area contributed by atoms with E-state index in [1.165, 1.54) is 25.1 Å². The summed E-state index contributed by atoms with van der Waals surface area (Å²) in [5, 5.41) is 11.1. The molecule has 7 nitrogen and oxygen atoms in total. The van der Waals surface area contributed by atoms with Crippen molar-refractivity contribution in [3.05, 3.63) is 48.3 Å². The van der Waals surface area contributed by atoms with Crippen molar-refractivity contribution in [1.82, 2.24) is 30.2 Å². The lowest BCUT2D eigenvalue weighted by Gasteiger charge is -2.19. The summed E-state index contributed by atoms with van der Waals surface area (Å²) in [6.45, 7) is 10.4. The number of hydrogen-bond acceptors (Lipinski definition) is 4. The standard InChI is InChI=1S/C22H35N7/c1-3-23-22(25-13-17-28-15-5-14-27(2)18-19-28)24-12-10-20-6-8-21(9-7-20)29-16-4-11-26-29/h4,6-9,11,16H,3,5,10,12-15,17-19H2,1-2H3,(H2,23,24,25). The lowest BCUT2D eigenvalue weighted by Crippen LogP contribution is -2.39. The molecule has 0 saturated carbocycles. The predicted octanol–water partition coefficient (Wildman–Crippen LogP) is 1.61. The van der Waals surface area contributed by atoms with Gasteiger partial charge in [-0.05, 0) is 63.7 Å². The second-order valence-corrected chi connectivity index (χ2v) is 7.55. The third kappa shape index (κ3) is 7.18. The van der Waals surface area contributed by atoms with Crippen molar-refractivity contribution >= 4 is 5.96 Å². The first-order valence-electron chi connectivity index (χ1n) is 10.8. The summed E-state index contributed by atoms with van der Waals surface area (Å²) in [6, 6.07) is 10.5. The minimum Gasteiger partial charge on any atom is -0.357 e. The number of nitrogens with zero attached hydrogens (tertiary/aromatic N) is 5. The Morgan fingerprint density at radius 3 is 2.72 bits per heavy atom. The van der Waals surface area contributed by atoms with Gasteiger partial charge >= 0.3 is 0 Å². The molecule has 0 aliphatic carbocycles. The van der Waals surface area contributed by atoms with Crippen LogP contribution in [0.1, 0.15) is 18.9 Å². The summed E-state index contributed by atoms with van der Waals surface area (Å²) in [6.07, 6.45) is 5.96. The molecule has 158 valence electrons. The average Bonchev–Trinajstić information content (AvgIpc) is 3.19. The quantitative estimate of drug-likeness (QED) is 0.523. The lowest BCUT2D eigenvalue weighted by atomic mass is 10.1. The Labute approximate surface area is 174 Å². The highest BCUT2D eigenvalue weighted by Crippen LogP contribution is 2.08. The molecule has 0 radical (unpaired) electrons. The summed E-state index contributed by atoms with van der Waals surface area (Å²) in [4.78, 5) is 9.70. The summed E-state index contributed by atoms with van der Waals surface area (Å²) in [7, 11) is 2.21. The fraction of sp³-hybridized carbons (Fsp3) is 0.545. The number of rotatable bonds is 8. The molecule has 0 spiro atoms. The van der Waals surface area contributed by atoms with Crippen LogP contribution >= 0.6 is 0 Å². The van der Waals surface area contributed by atoms with Gasteiger partial charge in [0.1, 0.15) is 0 Å². The highest BCUT2D eigenvalue weighted by Gasteiger charge is 2.11. The van der Waals surface area contributed by atoms with Crippen LogP contribution in [0.15, 0.2) is 47.7 Å². The average molecular weight is 398 g/mol. The summed E-state index contributed by atoms with van der Waals surface area (Å²) in [5.41, 5.74) is 2.39. The zero-order chi connectivity index (χ0) is 20.3. The van der Waals surface area contributed by atoms with Crippen LogP contribution in [0.2, 0.25) is 0 Å². The Kier molecular flexibility index (Phi) is 8.52.